The minimum Gasteiger partial charge on any atom is -0.355 e. The van der Waals surface area contributed by atoms with Gasteiger partial charge >= 0.3 is 0 Å². The molecule has 0 atom stereocenters. The molecule has 38 heavy (non-hydrogen) atoms. The Morgan fingerprint density at radius 3 is 1.47 bits per heavy atom. The summed E-state index contributed by atoms with van der Waals surface area (Å²) < 4.78 is 8.50. The van der Waals surface area contributed by atoms with Crippen LogP contribution in [0.2, 0.25) is 0 Å². The SMILES string of the molecule is Cn1cc[n+](C)c1-c1c2nc(cc3ccc([nH]3)c(-c3n(C)cc[n+]3C)c3nc(cc4ccc1[nH]4)C=C3)C=C2. The summed E-state index contributed by atoms with van der Waals surface area (Å²) in [6, 6.07) is 12.6. The van der Waals surface area contributed by atoms with E-state index in [0.29, 0.717) is 0 Å². The van der Waals surface area contributed by atoms with Crippen molar-refractivity contribution in [3.8, 4) is 22.8 Å². The smallest absolute Gasteiger partial charge is 0.292 e. The number of fused-ring (bicyclic) bond motifs is 8. The Bertz CT molecular complexity index is 1790. The number of rotatable bonds is 2. The van der Waals surface area contributed by atoms with E-state index < -0.39 is 0 Å². The minimum absolute atomic E-state index is 0.896. The lowest BCUT2D eigenvalue weighted by atomic mass is 10.1. The fourth-order valence-corrected chi connectivity index (χ4v) is 5.43. The third-order valence-corrected chi connectivity index (χ3v) is 7.21. The number of nitrogens with zero attached hydrogens (tertiary/aromatic N) is 6. The van der Waals surface area contributed by atoms with Crippen LogP contribution in [0.3, 0.4) is 0 Å². The topological polar surface area (TPSA) is 75.0 Å². The van der Waals surface area contributed by atoms with Gasteiger partial charge in [0.05, 0.1) is 62.0 Å². The average Bonchev–Trinajstić information content (AvgIpc) is 3.73. The highest BCUT2D eigenvalue weighted by Crippen LogP contribution is 2.30. The van der Waals surface area contributed by atoms with Crippen LogP contribution in [-0.2, 0) is 28.2 Å². The van der Waals surface area contributed by atoms with Gasteiger partial charge in [0.2, 0.25) is 0 Å². The van der Waals surface area contributed by atoms with Gasteiger partial charge in [0.1, 0.15) is 35.9 Å². The zero-order valence-electron chi connectivity index (χ0n) is 21.8. The molecule has 0 aromatic carbocycles. The Kier molecular flexibility index (Phi) is 4.84. The molecule has 186 valence electrons. The van der Waals surface area contributed by atoms with Crippen LogP contribution in [0.15, 0.2) is 61.2 Å². The van der Waals surface area contributed by atoms with Gasteiger partial charge < -0.3 is 9.97 Å². The first-order valence-corrected chi connectivity index (χ1v) is 12.6. The van der Waals surface area contributed by atoms with Crippen LogP contribution in [0.1, 0.15) is 22.8 Å². The van der Waals surface area contributed by atoms with Gasteiger partial charge in [-0.05, 0) is 60.7 Å². The summed E-state index contributed by atoms with van der Waals surface area (Å²) in [6.07, 6.45) is 16.6. The summed E-state index contributed by atoms with van der Waals surface area (Å²) in [6.45, 7) is 0. The molecule has 0 fully saturated rings. The molecule has 7 rings (SSSR count). The fourth-order valence-electron chi connectivity index (χ4n) is 5.43. The van der Waals surface area contributed by atoms with Gasteiger partial charge in [0.25, 0.3) is 11.6 Å². The number of imidazole rings is 2. The molecule has 5 aromatic rings. The molecular formula is C30H28N8+2. The molecule has 8 heteroatoms. The molecule has 0 saturated heterocycles. The quantitative estimate of drug-likeness (QED) is 0.347. The molecular weight excluding hydrogens is 472 g/mol. The van der Waals surface area contributed by atoms with Crippen molar-refractivity contribution in [1.29, 1.82) is 0 Å². The van der Waals surface area contributed by atoms with E-state index in [4.69, 9.17) is 9.97 Å². The summed E-state index contributed by atoms with van der Waals surface area (Å²) in [5.41, 5.74) is 9.68. The van der Waals surface area contributed by atoms with Gasteiger partial charge in [-0.25, -0.2) is 28.2 Å². The lowest BCUT2D eigenvalue weighted by Gasteiger charge is -2.01. The Morgan fingerprint density at radius 1 is 0.632 bits per heavy atom. The summed E-state index contributed by atoms with van der Waals surface area (Å²) in [5, 5.41) is 0. The Labute approximate surface area is 219 Å². The third-order valence-electron chi connectivity index (χ3n) is 7.21. The summed E-state index contributed by atoms with van der Waals surface area (Å²) in [4.78, 5) is 17.3. The number of hydrogen-bond donors (Lipinski definition) is 2. The number of aromatic amines is 2. The van der Waals surface area contributed by atoms with E-state index in [1.165, 1.54) is 0 Å². The highest BCUT2D eigenvalue weighted by Gasteiger charge is 2.23. The first-order chi connectivity index (χ1) is 18.4. The van der Waals surface area contributed by atoms with Crippen molar-refractivity contribution < 1.29 is 9.13 Å². The van der Waals surface area contributed by atoms with Gasteiger partial charge in [-0.1, -0.05) is 0 Å². The van der Waals surface area contributed by atoms with E-state index in [-0.39, 0.29) is 0 Å². The van der Waals surface area contributed by atoms with Crippen LogP contribution in [0.25, 0.3) is 69.1 Å². The summed E-state index contributed by atoms with van der Waals surface area (Å²) in [7, 11) is 8.24. The van der Waals surface area contributed by atoms with Crippen molar-refractivity contribution in [2.45, 2.75) is 0 Å². The van der Waals surface area contributed by atoms with Crippen molar-refractivity contribution >= 4 is 46.4 Å². The maximum Gasteiger partial charge on any atom is 0.292 e. The molecule has 5 aromatic heterocycles. The maximum atomic E-state index is 5.04. The average molecular weight is 501 g/mol. The van der Waals surface area contributed by atoms with Crippen LogP contribution in [0.5, 0.6) is 0 Å². The molecule has 2 aliphatic heterocycles. The first-order valence-electron chi connectivity index (χ1n) is 12.6. The highest BCUT2D eigenvalue weighted by molar-refractivity contribution is 5.90. The van der Waals surface area contributed by atoms with Gasteiger partial charge in [0, 0.05) is 11.0 Å². The lowest BCUT2D eigenvalue weighted by molar-refractivity contribution is -0.659. The maximum absolute atomic E-state index is 5.04. The molecule has 0 radical (unpaired) electrons. The Balaban J connectivity index is 1.61. The Hall–Kier alpha value is -4.98. The molecule has 0 amide bonds. The number of aryl methyl sites for hydroxylation is 4. The van der Waals surface area contributed by atoms with Gasteiger partial charge in [0.15, 0.2) is 0 Å². The molecule has 0 aliphatic carbocycles. The van der Waals surface area contributed by atoms with Gasteiger partial charge in [-0.3, -0.25) is 0 Å². The lowest BCUT2D eigenvalue weighted by Crippen LogP contribution is -2.29. The van der Waals surface area contributed by atoms with Crippen molar-refractivity contribution in [2.24, 2.45) is 28.2 Å². The van der Waals surface area contributed by atoms with E-state index in [1.54, 1.807) is 0 Å². The van der Waals surface area contributed by atoms with Crippen molar-refractivity contribution in [1.82, 2.24) is 29.1 Å². The molecule has 0 unspecified atom stereocenters. The fraction of sp³-hybridized carbons (Fsp3) is 0.133. The molecule has 2 aliphatic rings. The third kappa shape index (κ3) is 3.53. The number of hydrogen-bond acceptors (Lipinski definition) is 2. The van der Waals surface area contributed by atoms with Crippen molar-refractivity contribution in [3.05, 3.63) is 84.0 Å². The molecule has 0 spiro atoms. The van der Waals surface area contributed by atoms with Gasteiger partial charge in [-0.15, -0.1) is 0 Å². The van der Waals surface area contributed by atoms with Crippen LogP contribution >= 0.6 is 0 Å². The second-order valence-electron chi connectivity index (χ2n) is 9.89. The zero-order chi connectivity index (χ0) is 26.0. The molecule has 7 heterocycles. The van der Waals surface area contributed by atoms with Crippen molar-refractivity contribution in [3.63, 3.8) is 0 Å². The monoisotopic (exact) mass is 500 g/mol. The molecule has 0 saturated carbocycles. The summed E-state index contributed by atoms with van der Waals surface area (Å²) >= 11 is 0. The van der Waals surface area contributed by atoms with E-state index in [1.807, 2.05) is 0 Å². The molecule has 8 bridgehead atoms. The van der Waals surface area contributed by atoms with E-state index in [0.717, 1.165) is 67.6 Å². The number of nitrogens with one attached hydrogen (secondary N) is 2. The predicted molar refractivity (Wildman–Crippen MR) is 150 cm³/mol. The van der Waals surface area contributed by atoms with Gasteiger partial charge in [-0.2, -0.15) is 0 Å². The van der Waals surface area contributed by atoms with Crippen LogP contribution < -0.4 is 9.13 Å². The van der Waals surface area contributed by atoms with E-state index in [9.17, 15) is 0 Å². The summed E-state index contributed by atoms with van der Waals surface area (Å²) in [5.74, 6) is 2.13. The van der Waals surface area contributed by atoms with Crippen molar-refractivity contribution in [2.75, 3.05) is 0 Å². The minimum atomic E-state index is 0.896. The van der Waals surface area contributed by atoms with Crippen LogP contribution in [0, 0.1) is 0 Å². The number of H-pyrrole nitrogens is 2. The number of aromatic nitrogens is 8. The highest BCUT2D eigenvalue weighted by atomic mass is 15.1. The van der Waals surface area contributed by atoms with E-state index in [2.05, 4.69) is 142 Å². The second-order valence-corrected chi connectivity index (χ2v) is 9.89. The second kappa shape index (κ2) is 8.27. The first kappa shape index (κ1) is 22.2. The zero-order valence-corrected chi connectivity index (χ0v) is 21.8. The van der Waals surface area contributed by atoms with Crippen LogP contribution in [-0.4, -0.2) is 29.1 Å². The molecule has 2 N–H and O–H groups in total. The van der Waals surface area contributed by atoms with E-state index >= 15 is 0 Å². The normalized spacial score (nSPS) is 12.5. The molecule has 8 nitrogen and oxygen atoms in total. The predicted octanol–water partition coefficient (Wildman–Crippen LogP) is 4.32. The van der Waals surface area contributed by atoms with Crippen LogP contribution in [0.4, 0.5) is 0 Å². The largest absolute Gasteiger partial charge is 0.355 e. The standard InChI is InChI=1S/C30H27N8/c1-35-13-14-36(2)29(35)27-23-9-5-19(31-23)17-21-7-11-25(33-21)28(30-37(3)15-16-38(30)4)26-12-8-22(34-26)18-20-6-10-24(27)32-20/h5-18H,1-4H3,(H,31,32,33,34)/q+1/p+1. The Morgan fingerprint density at radius 2 is 1.08 bits per heavy atom.